The predicted molar refractivity (Wildman–Crippen MR) is 49.5 cm³/mol. The van der Waals surface area contributed by atoms with Crippen molar-refractivity contribution >= 4 is 0 Å². The first-order valence-electron chi connectivity index (χ1n) is 4.43. The molecule has 0 amide bonds. The molecule has 0 spiro atoms. The second-order valence-electron chi connectivity index (χ2n) is 4.75. The molecule has 0 heterocycles. The molecule has 1 N–H and O–H groups in total. The third-order valence-corrected chi connectivity index (χ3v) is 1.74. The summed E-state index contributed by atoms with van der Waals surface area (Å²) >= 11 is 0. The van der Waals surface area contributed by atoms with E-state index in [1.165, 1.54) is 0 Å². The second-order valence-corrected chi connectivity index (χ2v) is 4.75. The lowest BCUT2D eigenvalue weighted by Gasteiger charge is -2.23. The quantitative estimate of drug-likeness (QED) is 0.659. The van der Waals surface area contributed by atoms with Crippen molar-refractivity contribution in [2.45, 2.75) is 46.6 Å². The summed E-state index contributed by atoms with van der Waals surface area (Å²) in [6.07, 6.45) is 0.849. The van der Waals surface area contributed by atoms with Crippen molar-refractivity contribution in [1.82, 2.24) is 0 Å². The van der Waals surface area contributed by atoms with Gasteiger partial charge >= 0.3 is 0 Å². The van der Waals surface area contributed by atoms with E-state index in [1.807, 2.05) is 6.07 Å². The van der Waals surface area contributed by atoms with Crippen LogP contribution in [0.2, 0.25) is 0 Å². The van der Waals surface area contributed by atoms with Crippen molar-refractivity contribution < 1.29 is 5.11 Å². The summed E-state index contributed by atoms with van der Waals surface area (Å²) < 4.78 is 0. The Kier molecular flexibility index (Phi) is 4.26. The summed E-state index contributed by atoms with van der Waals surface area (Å²) in [5, 5.41) is 17.4. The normalized spacial score (nSPS) is 16.7. The van der Waals surface area contributed by atoms with E-state index in [4.69, 9.17) is 10.4 Å². The number of aliphatic hydroxyl groups is 1. The molecule has 2 atom stereocenters. The van der Waals surface area contributed by atoms with E-state index in [9.17, 15) is 0 Å². The highest BCUT2D eigenvalue weighted by atomic mass is 16.3. The first-order valence-corrected chi connectivity index (χ1v) is 4.43. The molecule has 0 aliphatic heterocycles. The lowest BCUT2D eigenvalue weighted by molar-refractivity contribution is 0.177. The molecule has 0 rings (SSSR count). The highest BCUT2D eigenvalue weighted by Gasteiger charge is 2.17. The Morgan fingerprint density at radius 3 is 2.25 bits per heavy atom. The Hall–Kier alpha value is -0.550. The summed E-state index contributed by atoms with van der Waals surface area (Å²) in [6, 6.07) is 1.84. The summed E-state index contributed by atoms with van der Waals surface area (Å²) in [7, 11) is 0. The topological polar surface area (TPSA) is 44.0 Å². The van der Waals surface area contributed by atoms with Gasteiger partial charge in [-0.3, -0.25) is 0 Å². The first-order chi connectivity index (χ1) is 5.35. The van der Waals surface area contributed by atoms with Gasteiger partial charge in [-0.25, -0.2) is 0 Å². The van der Waals surface area contributed by atoms with E-state index < -0.39 is 6.10 Å². The van der Waals surface area contributed by atoms with Crippen LogP contribution >= 0.6 is 0 Å². The molecule has 12 heavy (non-hydrogen) atoms. The number of hydrogen-bond acceptors (Lipinski definition) is 2. The summed E-state index contributed by atoms with van der Waals surface area (Å²) in [4.78, 5) is 0. The molecule has 0 aromatic carbocycles. The molecule has 0 aromatic heterocycles. The number of nitriles is 1. The highest BCUT2D eigenvalue weighted by Crippen LogP contribution is 2.26. The number of nitrogens with zero attached hydrogens (tertiary/aromatic N) is 1. The summed E-state index contributed by atoms with van der Waals surface area (Å²) in [5.41, 5.74) is 0.286. The Balaban J connectivity index is 3.76. The van der Waals surface area contributed by atoms with Crippen molar-refractivity contribution in [1.29, 1.82) is 5.26 Å². The molecule has 0 aliphatic rings. The monoisotopic (exact) mass is 169 g/mol. The highest BCUT2D eigenvalue weighted by molar-refractivity contribution is 4.83. The molecule has 0 saturated carbocycles. The average Bonchev–Trinajstić information content (AvgIpc) is 1.82. The van der Waals surface area contributed by atoms with E-state index in [-0.39, 0.29) is 5.41 Å². The molecule has 0 radical (unpaired) electrons. The standard InChI is InChI=1S/C10H19NO/c1-8(5-9(12)7-11)6-10(2,3)4/h8-9,12H,5-6H2,1-4H3. The molecular weight excluding hydrogens is 150 g/mol. The van der Waals surface area contributed by atoms with Crippen LogP contribution in [0.5, 0.6) is 0 Å². The average molecular weight is 169 g/mol. The molecule has 70 valence electrons. The van der Waals surface area contributed by atoms with Gasteiger partial charge in [0.2, 0.25) is 0 Å². The number of aliphatic hydroxyl groups excluding tert-OH is 1. The lowest BCUT2D eigenvalue weighted by Crippen LogP contribution is -2.15. The van der Waals surface area contributed by atoms with Crippen LogP contribution in [0, 0.1) is 22.7 Å². The molecule has 2 heteroatoms. The lowest BCUT2D eigenvalue weighted by atomic mass is 9.83. The van der Waals surface area contributed by atoms with Crippen molar-refractivity contribution in [3.63, 3.8) is 0 Å². The molecule has 0 bridgehead atoms. The van der Waals surface area contributed by atoms with Crippen LogP contribution in [-0.4, -0.2) is 11.2 Å². The van der Waals surface area contributed by atoms with Crippen LogP contribution in [0.1, 0.15) is 40.5 Å². The third kappa shape index (κ3) is 6.18. The van der Waals surface area contributed by atoms with E-state index >= 15 is 0 Å². The van der Waals surface area contributed by atoms with Gasteiger partial charge in [0.05, 0.1) is 6.07 Å². The number of rotatable bonds is 3. The van der Waals surface area contributed by atoms with Crippen molar-refractivity contribution in [2.75, 3.05) is 0 Å². The SMILES string of the molecule is CC(CC(O)C#N)CC(C)(C)C. The fourth-order valence-electron chi connectivity index (χ4n) is 1.56. The molecule has 2 unspecified atom stereocenters. The van der Waals surface area contributed by atoms with Gasteiger partial charge in [-0.15, -0.1) is 0 Å². The first kappa shape index (κ1) is 11.4. The molecule has 0 aromatic rings. The molecular formula is C10H19NO. The van der Waals surface area contributed by atoms with Crippen molar-refractivity contribution in [2.24, 2.45) is 11.3 Å². The van der Waals surface area contributed by atoms with Crippen LogP contribution in [0.15, 0.2) is 0 Å². The largest absolute Gasteiger partial charge is 0.378 e. The van der Waals surface area contributed by atoms with Gasteiger partial charge in [0.15, 0.2) is 0 Å². The fourth-order valence-corrected chi connectivity index (χ4v) is 1.56. The van der Waals surface area contributed by atoms with Crippen molar-refractivity contribution in [3.8, 4) is 6.07 Å². The molecule has 0 saturated heterocycles. The summed E-state index contributed by atoms with van der Waals surface area (Å²) in [5.74, 6) is 0.416. The number of hydrogen-bond donors (Lipinski definition) is 1. The van der Waals surface area contributed by atoms with E-state index in [0.717, 1.165) is 6.42 Å². The van der Waals surface area contributed by atoms with E-state index in [0.29, 0.717) is 12.3 Å². The zero-order chi connectivity index (χ0) is 9.78. The maximum atomic E-state index is 9.06. The Bertz CT molecular complexity index is 164. The van der Waals surface area contributed by atoms with Gasteiger partial charge in [0.1, 0.15) is 6.10 Å². The van der Waals surface area contributed by atoms with Gasteiger partial charge in [-0.05, 0) is 24.2 Å². The summed E-state index contributed by atoms with van der Waals surface area (Å²) in [6.45, 7) is 8.58. The van der Waals surface area contributed by atoms with Crippen LogP contribution in [0.25, 0.3) is 0 Å². The fraction of sp³-hybridized carbons (Fsp3) is 0.900. The van der Waals surface area contributed by atoms with Gasteiger partial charge in [0.25, 0.3) is 0 Å². The minimum atomic E-state index is -0.789. The van der Waals surface area contributed by atoms with Crippen LogP contribution < -0.4 is 0 Å². The molecule has 0 fully saturated rings. The molecule has 0 aliphatic carbocycles. The van der Waals surface area contributed by atoms with Crippen LogP contribution in [-0.2, 0) is 0 Å². The van der Waals surface area contributed by atoms with Crippen LogP contribution in [0.3, 0.4) is 0 Å². The Labute approximate surface area is 75.2 Å². The van der Waals surface area contributed by atoms with Crippen LogP contribution in [0.4, 0.5) is 0 Å². The zero-order valence-electron chi connectivity index (χ0n) is 8.46. The Morgan fingerprint density at radius 2 is 1.92 bits per heavy atom. The van der Waals surface area contributed by atoms with Gasteiger partial charge < -0.3 is 5.11 Å². The minimum Gasteiger partial charge on any atom is -0.378 e. The van der Waals surface area contributed by atoms with E-state index in [2.05, 4.69) is 27.7 Å². The third-order valence-electron chi connectivity index (χ3n) is 1.74. The predicted octanol–water partition coefficient (Wildman–Crippen LogP) is 2.33. The van der Waals surface area contributed by atoms with Gasteiger partial charge in [-0.2, -0.15) is 5.26 Å². The smallest absolute Gasteiger partial charge is 0.140 e. The molecule has 2 nitrogen and oxygen atoms in total. The second kappa shape index (κ2) is 4.47. The van der Waals surface area contributed by atoms with Gasteiger partial charge in [0, 0.05) is 0 Å². The zero-order valence-corrected chi connectivity index (χ0v) is 8.46. The van der Waals surface area contributed by atoms with Gasteiger partial charge in [-0.1, -0.05) is 27.7 Å². The maximum Gasteiger partial charge on any atom is 0.140 e. The van der Waals surface area contributed by atoms with Crippen molar-refractivity contribution in [3.05, 3.63) is 0 Å². The maximum absolute atomic E-state index is 9.06. The minimum absolute atomic E-state index is 0.286. The van der Waals surface area contributed by atoms with E-state index in [1.54, 1.807) is 0 Å². The Morgan fingerprint density at radius 1 is 1.42 bits per heavy atom.